The first-order valence-electron chi connectivity index (χ1n) is 9.25. The Bertz CT molecular complexity index is 568. The first-order chi connectivity index (χ1) is 11.3. The second kappa shape index (κ2) is 6.50. The van der Waals surface area contributed by atoms with Crippen LogP contribution in [0.25, 0.3) is 0 Å². The van der Waals surface area contributed by atoms with Gasteiger partial charge in [0.25, 0.3) is 5.91 Å². The fraction of sp³-hybridized carbons (Fsp3) is 0.684. The molecule has 1 aromatic rings. The second-order valence-corrected chi connectivity index (χ2v) is 7.31. The molecule has 124 valence electrons. The normalized spacial score (nSPS) is 27.9. The SMILES string of the molecule is O=C(c1ccnc(OC2CCC2)c1)N1CCC[C@H]2CCCC[C@H]21. The molecule has 0 unspecified atom stereocenters. The van der Waals surface area contributed by atoms with E-state index in [0.717, 1.165) is 31.4 Å². The van der Waals surface area contributed by atoms with Gasteiger partial charge in [0.1, 0.15) is 6.10 Å². The Labute approximate surface area is 138 Å². The van der Waals surface area contributed by atoms with E-state index in [1.165, 1.54) is 38.5 Å². The molecule has 2 saturated carbocycles. The van der Waals surface area contributed by atoms with Gasteiger partial charge in [-0.1, -0.05) is 12.8 Å². The Morgan fingerprint density at radius 1 is 1.09 bits per heavy atom. The van der Waals surface area contributed by atoms with E-state index in [2.05, 4.69) is 9.88 Å². The molecule has 2 heterocycles. The second-order valence-electron chi connectivity index (χ2n) is 7.31. The summed E-state index contributed by atoms with van der Waals surface area (Å²) in [6.07, 6.45) is 13.0. The van der Waals surface area contributed by atoms with Crippen LogP contribution >= 0.6 is 0 Å². The van der Waals surface area contributed by atoms with Gasteiger partial charge in [0, 0.05) is 30.4 Å². The Morgan fingerprint density at radius 2 is 1.91 bits per heavy atom. The molecule has 1 aliphatic heterocycles. The van der Waals surface area contributed by atoms with E-state index in [4.69, 9.17) is 4.74 Å². The highest BCUT2D eigenvalue weighted by atomic mass is 16.5. The third-order valence-electron chi connectivity index (χ3n) is 5.83. The minimum absolute atomic E-state index is 0.169. The zero-order chi connectivity index (χ0) is 15.6. The van der Waals surface area contributed by atoms with Crippen molar-refractivity contribution in [2.45, 2.75) is 69.9 Å². The highest BCUT2D eigenvalue weighted by Crippen LogP contribution is 2.36. The van der Waals surface area contributed by atoms with Crippen LogP contribution in [0, 0.1) is 5.92 Å². The Kier molecular flexibility index (Phi) is 4.23. The van der Waals surface area contributed by atoms with Gasteiger partial charge < -0.3 is 9.64 Å². The van der Waals surface area contributed by atoms with Gasteiger partial charge in [0.05, 0.1) is 0 Å². The molecular formula is C19H26N2O2. The summed E-state index contributed by atoms with van der Waals surface area (Å²) >= 11 is 0. The minimum atomic E-state index is 0.169. The molecule has 4 rings (SSSR count). The molecule has 0 radical (unpaired) electrons. The minimum Gasteiger partial charge on any atom is -0.474 e. The van der Waals surface area contributed by atoms with Crippen LogP contribution in [0.3, 0.4) is 0 Å². The van der Waals surface area contributed by atoms with E-state index in [1.807, 2.05) is 12.1 Å². The van der Waals surface area contributed by atoms with Crippen LogP contribution in [0.4, 0.5) is 0 Å². The fourth-order valence-electron chi connectivity index (χ4n) is 4.31. The van der Waals surface area contributed by atoms with Gasteiger partial charge in [-0.05, 0) is 56.9 Å². The van der Waals surface area contributed by atoms with E-state index < -0.39 is 0 Å². The lowest BCUT2D eigenvalue weighted by Gasteiger charge is -2.44. The van der Waals surface area contributed by atoms with Crippen LogP contribution in [-0.2, 0) is 0 Å². The highest BCUT2D eigenvalue weighted by Gasteiger charge is 2.36. The zero-order valence-corrected chi connectivity index (χ0v) is 13.7. The average molecular weight is 314 g/mol. The van der Waals surface area contributed by atoms with Gasteiger partial charge in [0.15, 0.2) is 0 Å². The van der Waals surface area contributed by atoms with Crippen LogP contribution in [0.15, 0.2) is 18.3 Å². The van der Waals surface area contributed by atoms with Crippen molar-refractivity contribution in [1.29, 1.82) is 0 Å². The number of ether oxygens (including phenoxy) is 1. The van der Waals surface area contributed by atoms with Crippen molar-refractivity contribution in [2.24, 2.45) is 5.92 Å². The van der Waals surface area contributed by atoms with Gasteiger partial charge in [-0.3, -0.25) is 4.79 Å². The highest BCUT2D eigenvalue weighted by molar-refractivity contribution is 5.94. The van der Waals surface area contributed by atoms with E-state index in [-0.39, 0.29) is 5.91 Å². The molecule has 23 heavy (non-hydrogen) atoms. The third kappa shape index (κ3) is 3.08. The van der Waals surface area contributed by atoms with Crippen molar-refractivity contribution in [3.05, 3.63) is 23.9 Å². The summed E-state index contributed by atoms with van der Waals surface area (Å²) in [5.74, 6) is 1.49. The smallest absolute Gasteiger partial charge is 0.254 e. The number of piperidine rings is 1. The maximum Gasteiger partial charge on any atom is 0.254 e. The van der Waals surface area contributed by atoms with E-state index in [9.17, 15) is 4.79 Å². The number of fused-ring (bicyclic) bond motifs is 1. The van der Waals surface area contributed by atoms with Crippen molar-refractivity contribution < 1.29 is 9.53 Å². The van der Waals surface area contributed by atoms with Gasteiger partial charge in [-0.15, -0.1) is 0 Å². The number of hydrogen-bond acceptors (Lipinski definition) is 3. The predicted molar refractivity (Wildman–Crippen MR) is 88.5 cm³/mol. The molecule has 1 amide bonds. The van der Waals surface area contributed by atoms with Crippen LogP contribution in [0.1, 0.15) is 68.1 Å². The maximum absolute atomic E-state index is 13.0. The van der Waals surface area contributed by atoms with Crippen molar-refractivity contribution in [2.75, 3.05) is 6.54 Å². The van der Waals surface area contributed by atoms with E-state index in [1.54, 1.807) is 6.20 Å². The lowest BCUT2D eigenvalue weighted by Crippen LogP contribution is -2.49. The molecule has 3 aliphatic rings. The number of carbonyl (C=O) groups is 1. The molecule has 2 atom stereocenters. The Balaban J connectivity index is 1.49. The van der Waals surface area contributed by atoms with Crippen LogP contribution in [0.2, 0.25) is 0 Å². The first-order valence-corrected chi connectivity index (χ1v) is 9.25. The molecule has 4 nitrogen and oxygen atoms in total. The topological polar surface area (TPSA) is 42.4 Å². The van der Waals surface area contributed by atoms with Crippen molar-refractivity contribution in [3.63, 3.8) is 0 Å². The van der Waals surface area contributed by atoms with Crippen molar-refractivity contribution in [1.82, 2.24) is 9.88 Å². The number of carbonyl (C=O) groups excluding carboxylic acids is 1. The van der Waals surface area contributed by atoms with Gasteiger partial charge in [-0.25, -0.2) is 4.98 Å². The number of aromatic nitrogens is 1. The van der Waals surface area contributed by atoms with E-state index >= 15 is 0 Å². The quantitative estimate of drug-likeness (QED) is 0.852. The lowest BCUT2D eigenvalue weighted by molar-refractivity contribution is 0.0389. The molecule has 3 fully saturated rings. The summed E-state index contributed by atoms with van der Waals surface area (Å²) < 4.78 is 5.85. The van der Waals surface area contributed by atoms with Crippen molar-refractivity contribution >= 4 is 5.91 Å². The van der Waals surface area contributed by atoms with E-state index in [0.29, 0.717) is 23.9 Å². The molecule has 1 saturated heterocycles. The Morgan fingerprint density at radius 3 is 2.74 bits per heavy atom. The maximum atomic E-state index is 13.0. The van der Waals surface area contributed by atoms with Gasteiger partial charge in [-0.2, -0.15) is 0 Å². The van der Waals surface area contributed by atoms with Crippen LogP contribution in [-0.4, -0.2) is 34.5 Å². The number of pyridine rings is 1. The molecule has 4 heteroatoms. The summed E-state index contributed by atoms with van der Waals surface area (Å²) in [5, 5.41) is 0. The number of hydrogen-bond donors (Lipinski definition) is 0. The average Bonchev–Trinajstić information content (AvgIpc) is 2.57. The van der Waals surface area contributed by atoms with Crippen LogP contribution in [0.5, 0.6) is 5.88 Å². The van der Waals surface area contributed by atoms with Gasteiger partial charge >= 0.3 is 0 Å². The zero-order valence-electron chi connectivity index (χ0n) is 13.7. The summed E-state index contributed by atoms with van der Waals surface area (Å²) in [6.45, 7) is 0.904. The molecule has 0 bridgehead atoms. The number of likely N-dealkylation sites (tertiary alicyclic amines) is 1. The number of rotatable bonds is 3. The number of amides is 1. The summed E-state index contributed by atoms with van der Waals surface area (Å²) in [7, 11) is 0. The van der Waals surface area contributed by atoms with Gasteiger partial charge in [0.2, 0.25) is 5.88 Å². The summed E-state index contributed by atoms with van der Waals surface area (Å²) in [5.41, 5.74) is 0.737. The third-order valence-corrected chi connectivity index (χ3v) is 5.83. The molecular weight excluding hydrogens is 288 g/mol. The molecule has 1 aromatic heterocycles. The summed E-state index contributed by atoms with van der Waals surface area (Å²) in [6, 6.07) is 4.13. The monoisotopic (exact) mass is 314 g/mol. The molecule has 2 aliphatic carbocycles. The summed E-state index contributed by atoms with van der Waals surface area (Å²) in [4.78, 5) is 19.4. The van der Waals surface area contributed by atoms with Crippen LogP contribution < -0.4 is 4.74 Å². The number of nitrogens with zero attached hydrogens (tertiary/aromatic N) is 2. The fourth-order valence-corrected chi connectivity index (χ4v) is 4.31. The molecule has 0 spiro atoms. The predicted octanol–water partition coefficient (Wildman–Crippen LogP) is 3.81. The lowest BCUT2D eigenvalue weighted by atomic mass is 9.78. The molecule has 0 aromatic carbocycles. The largest absolute Gasteiger partial charge is 0.474 e. The standard InChI is InChI=1S/C19H26N2O2/c22-19(21-12-4-6-14-5-1-2-9-17(14)21)15-10-11-20-18(13-15)23-16-7-3-8-16/h10-11,13-14,16-17H,1-9,12H2/t14-,17-/m1/s1. The van der Waals surface area contributed by atoms with Crippen molar-refractivity contribution in [3.8, 4) is 5.88 Å². The first kappa shape index (κ1) is 15.0. The molecule has 0 N–H and O–H groups in total. The Hall–Kier alpha value is -1.58.